The summed E-state index contributed by atoms with van der Waals surface area (Å²) in [5, 5.41) is 9.38. The number of aryl methyl sites for hydroxylation is 1. The number of ether oxygens (including phenoxy) is 1. The minimum atomic E-state index is -0.740. The molecule has 0 heterocycles. The Hall–Kier alpha value is -1.13. The van der Waals surface area contributed by atoms with Crippen molar-refractivity contribution in [1.82, 2.24) is 0 Å². The van der Waals surface area contributed by atoms with E-state index in [2.05, 4.69) is 0 Å². The molecule has 1 aromatic rings. The first-order valence-corrected chi connectivity index (χ1v) is 4.79. The van der Waals surface area contributed by atoms with Crippen molar-refractivity contribution in [2.45, 2.75) is 19.4 Å². The minimum Gasteiger partial charge on any atom is -0.496 e. The quantitative estimate of drug-likeness (QED) is 0.784. The molecule has 0 spiro atoms. The van der Waals surface area contributed by atoms with Gasteiger partial charge in [-0.2, -0.15) is 0 Å². The lowest BCUT2D eigenvalue weighted by Gasteiger charge is -2.13. The van der Waals surface area contributed by atoms with Crippen molar-refractivity contribution in [2.75, 3.05) is 13.7 Å². The van der Waals surface area contributed by atoms with Crippen LogP contribution >= 0.6 is 0 Å². The predicted molar refractivity (Wildman–Crippen MR) is 56.5 cm³/mol. The summed E-state index contributed by atoms with van der Waals surface area (Å²) in [4.78, 5) is 0. The van der Waals surface area contributed by atoms with Gasteiger partial charge in [0.05, 0.1) is 13.2 Å². The van der Waals surface area contributed by atoms with Gasteiger partial charge in [0.2, 0.25) is 0 Å². The van der Waals surface area contributed by atoms with Crippen LogP contribution in [0, 0.1) is 12.7 Å². The number of hydrogen-bond donors (Lipinski definition) is 2. The molecule has 0 fully saturated rings. The van der Waals surface area contributed by atoms with Gasteiger partial charge in [-0.25, -0.2) is 4.39 Å². The summed E-state index contributed by atoms with van der Waals surface area (Å²) in [6.45, 7) is 1.89. The third-order valence-corrected chi connectivity index (χ3v) is 2.23. The SMILES string of the molecule is COc1cc(C)cc(F)c1CC(O)CN. The van der Waals surface area contributed by atoms with Crippen LogP contribution in [0.15, 0.2) is 12.1 Å². The van der Waals surface area contributed by atoms with E-state index < -0.39 is 6.10 Å². The van der Waals surface area contributed by atoms with E-state index in [0.717, 1.165) is 5.56 Å². The molecule has 0 amide bonds. The molecule has 84 valence electrons. The smallest absolute Gasteiger partial charge is 0.130 e. The maximum Gasteiger partial charge on any atom is 0.130 e. The monoisotopic (exact) mass is 213 g/mol. The fourth-order valence-corrected chi connectivity index (χ4v) is 1.44. The highest BCUT2D eigenvalue weighted by Gasteiger charge is 2.14. The van der Waals surface area contributed by atoms with Gasteiger partial charge >= 0.3 is 0 Å². The Kier molecular flexibility index (Phi) is 4.05. The molecule has 1 aromatic carbocycles. The molecule has 15 heavy (non-hydrogen) atoms. The van der Waals surface area contributed by atoms with Crippen LogP contribution < -0.4 is 10.5 Å². The molecule has 3 nitrogen and oxygen atoms in total. The van der Waals surface area contributed by atoms with Crippen molar-refractivity contribution < 1.29 is 14.2 Å². The molecule has 0 aliphatic carbocycles. The van der Waals surface area contributed by atoms with Crippen molar-refractivity contribution >= 4 is 0 Å². The second kappa shape index (κ2) is 5.09. The normalized spacial score (nSPS) is 12.6. The molecule has 0 radical (unpaired) electrons. The van der Waals surface area contributed by atoms with Crippen LogP contribution in [-0.2, 0) is 6.42 Å². The van der Waals surface area contributed by atoms with Crippen LogP contribution in [0.2, 0.25) is 0 Å². The van der Waals surface area contributed by atoms with Crippen molar-refractivity contribution in [1.29, 1.82) is 0 Å². The molecule has 0 bridgehead atoms. The average molecular weight is 213 g/mol. The zero-order valence-electron chi connectivity index (χ0n) is 8.96. The highest BCUT2D eigenvalue weighted by Crippen LogP contribution is 2.24. The Morgan fingerprint density at radius 2 is 2.20 bits per heavy atom. The number of aliphatic hydroxyl groups excluding tert-OH is 1. The van der Waals surface area contributed by atoms with Gasteiger partial charge in [-0.15, -0.1) is 0 Å². The number of benzene rings is 1. The van der Waals surface area contributed by atoms with E-state index in [1.807, 2.05) is 0 Å². The van der Waals surface area contributed by atoms with E-state index in [1.54, 1.807) is 13.0 Å². The highest BCUT2D eigenvalue weighted by molar-refractivity contribution is 5.38. The van der Waals surface area contributed by atoms with Crippen molar-refractivity contribution in [3.63, 3.8) is 0 Å². The zero-order valence-corrected chi connectivity index (χ0v) is 8.96. The number of methoxy groups -OCH3 is 1. The fourth-order valence-electron chi connectivity index (χ4n) is 1.44. The summed E-state index contributed by atoms with van der Waals surface area (Å²) in [7, 11) is 1.48. The lowest BCUT2D eigenvalue weighted by atomic mass is 10.0. The molecule has 0 aliphatic heterocycles. The summed E-state index contributed by atoms with van der Waals surface area (Å²) >= 11 is 0. The molecule has 4 heteroatoms. The predicted octanol–water partition coefficient (Wildman–Crippen LogP) is 1.00. The molecular formula is C11H16FNO2. The van der Waals surface area contributed by atoms with Gasteiger partial charge in [0.25, 0.3) is 0 Å². The van der Waals surface area contributed by atoms with E-state index in [4.69, 9.17) is 10.5 Å². The van der Waals surface area contributed by atoms with Crippen LogP contribution in [0.4, 0.5) is 4.39 Å². The van der Waals surface area contributed by atoms with Crippen molar-refractivity contribution in [3.05, 3.63) is 29.1 Å². The maximum absolute atomic E-state index is 13.6. The van der Waals surface area contributed by atoms with Crippen molar-refractivity contribution in [2.24, 2.45) is 5.73 Å². The first-order chi connectivity index (χ1) is 7.08. The van der Waals surface area contributed by atoms with E-state index in [9.17, 15) is 9.50 Å². The van der Waals surface area contributed by atoms with E-state index in [0.29, 0.717) is 11.3 Å². The Morgan fingerprint density at radius 3 is 2.73 bits per heavy atom. The van der Waals surface area contributed by atoms with Gasteiger partial charge in [0.1, 0.15) is 11.6 Å². The first-order valence-electron chi connectivity index (χ1n) is 4.79. The third kappa shape index (κ3) is 2.91. The molecule has 0 aliphatic rings. The van der Waals surface area contributed by atoms with E-state index >= 15 is 0 Å². The highest BCUT2D eigenvalue weighted by atomic mass is 19.1. The lowest BCUT2D eigenvalue weighted by Crippen LogP contribution is -2.22. The van der Waals surface area contributed by atoms with Gasteiger partial charge in [-0.1, -0.05) is 0 Å². The van der Waals surface area contributed by atoms with Gasteiger partial charge in [0, 0.05) is 18.5 Å². The molecular weight excluding hydrogens is 197 g/mol. The van der Waals surface area contributed by atoms with Gasteiger partial charge in [-0.3, -0.25) is 0 Å². The summed E-state index contributed by atoms with van der Waals surface area (Å²) in [5.74, 6) is 0.0966. The maximum atomic E-state index is 13.6. The molecule has 0 saturated carbocycles. The number of aliphatic hydroxyl groups is 1. The van der Waals surface area contributed by atoms with Crippen LogP contribution in [0.5, 0.6) is 5.75 Å². The Labute approximate surface area is 88.7 Å². The summed E-state index contributed by atoms with van der Waals surface area (Å²) in [6.07, 6.45) is -0.567. The second-order valence-electron chi connectivity index (χ2n) is 3.52. The first kappa shape index (κ1) is 11.9. The third-order valence-electron chi connectivity index (χ3n) is 2.23. The standard InChI is InChI=1S/C11H16FNO2/c1-7-3-10(12)9(5-8(14)6-13)11(4-7)15-2/h3-4,8,14H,5-6,13H2,1-2H3. The summed E-state index contributed by atoms with van der Waals surface area (Å²) in [6, 6.07) is 3.16. The van der Waals surface area contributed by atoms with E-state index in [-0.39, 0.29) is 18.8 Å². The molecule has 3 N–H and O–H groups in total. The summed E-state index contributed by atoms with van der Waals surface area (Å²) in [5.41, 5.74) is 6.44. The van der Waals surface area contributed by atoms with Crippen LogP contribution in [0.25, 0.3) is 0 Å². The molecule has 1 unspecified atom stereocenters. The number of rotatable bonds is 4. The van der Waals surface area contributed by atoms with Gasteiger partial charge in [-0.05, 0) is 24.6 Å². The van der Waals surface area contributed by atoms with Crippen LogP contribution in [0.1, 0.15) is 11.1 Å². The second-order valence-corrected chi connectivity index (χ2v) is 3.52. The average Bonchev–Trinajstić information content (AvgIpc) is 2.21. The Morgan fingerprint density at radius 1 is 1.53 bits per heavy atom. The van der Waals surface area contributed by atoms with Crippen LogP contribution in [-0.4, -0.2) is 24.9 Å². The van der Waals surface area contributed by atoms with Crippen LogP contribution in [0.3, 0.4) is 0 Å². The van der Waals surface area contributed by atoms with Crippen molar-refractivity contribution in [3.8, 4) is 5.75 Å². The minimum absolute atomic E-state index is 0.108. The van der Waals surface area contributed by atoms with Gasteiger partial charge < -0.3 is 15.6 Å². The number of nitrogens with two attached hydrogens (primary N) is 1. The molecule has 0 aromatic heterocycles. The largest absolute Gasteiger partial charge is 0.496 e. The molecule has 0 saturated heterocycles. The fraction of sp³-hybridized carbons (Fsp3) is 0.455. The molecule has 1 atom stereocenters. The number of hydrogen-bond acceptors (Lipinski definition) is 3. The number of halogens is 1. The lowest BCUT2D eigenvalue weighted by molar-refractivity contribution is 0.180. The Balaban J connectivity index is 3.04. The topological polar surface area (TPSA) is 55.5 Å². The molecule has 1 rings (SSSR count). The van der Waals surface area contributed by atoms with E-state index in [1.165, 1.54) is 13.2 Å². The zero-order chi connectivity index (χ0) is 11.4. The summed E-state index contributed by atoms with van der Waals surface area (Å²) < 4.78 is 18.6. The van der Waals surface area contributed by atoms with Gasteiger partial charge in [0.15, 0.2) is 0 Å². The Bertz CT molecular complexity index is 342.